The van der Waals surface area contributed by atoms with Gasteiger partial charge >= 0.3 is 0 Å². The standard InChI is InChI=1S/C20H20ClN3O3/c1-23(17-9-18-16(8-15(17)21)22-19(25)12-27-18)11-20(26)24-7-6-13-4-2-3-5-14(13)10-24/h2-5,8-9H,6-7,10-12H2,1H3,(H,22,25). The lowest BCUT2D eigenvalue weighted by Gasteiger charge is -2.31. The molecule has 7 heteroatoms. The number of nitrogens with one attached hydrogen (secondary N) is 1. The first-order valence-electron chi connectivity index (χ1n) is 8.83. The second kappa shape index (κ2) is 7.12. The summed E-state index contributed by atoms with van der Waals surface area (Å²) in [5.41, 5.74) is 3.76. The van der Waals surface area contributed by atoms with Gasteiger partial charge in [0.15, 0.2) is 6.61 Å². The van der Waals surface area contributed by atoms with E-state index in [0.29, 0.717) is 28.7 Å². The van der Waals surface area contributed by atoms with Crippen LogP contribution in [0.25, 0.3) is 0 Å². The Morgan fingerprint density at radius 3 is 2.89 bits per heavy atom. The molecule has 2 aromatic rings. The molecular formula is C20H20ClN3O3. The van der Waals surface area contributed by atoms with Gasteiger partial charge in [0.25, 0.3) is 5.91 Å². The Labute approximate surface area is 162 Å². The SMILES string of the molecule is CN(CC(=O)N1CCc2ccccc2C1)c1cc2c(cc1Cl)NC(=O)CO2. The number of likely N-dealkylation sites (N-methyl/N-ethyl adjacent to an activating group) is 1. The summed E-state index contributed by atoms with van der Waals surface area (Å²) in [5.74, 6) is 0.399. The van der Waals surface area contributed by atoms with Crippen molar-refractivity contribution < 1.29 is 14.3 Å². The lowest BCUT2D eigenvalue weighted by molar-refractivity contribution is -0.130. The van der Waals surface area contributed by atoms with E-state index in [2.05, 4.69) is 17.4 Å². The molecule has 0 atom stereocenters. The smallest absolute Gasteiger partial charge is 0.262 e. The maximum Gasteiger partial charge on any atom is 0.262 e. The number of rotatable bonds is 3. The van der Waals surface area contributed by atoms with Gasteiger partial charge in [-0.15, -0.1) is 0 Å². The van der Waals surface area contributed by atoms with Gasteiger partial charge in [0.2, 0.25) is 5.91 Å². The third kappa shape index (κ3) is 3.57. The largest absolute Gasteiger partial charge is 0.482 e. The van der Waals surface area contributed by atoms with Crippen molar-refractivity contribution in [1.82, 2.24) is 4.90 Å². The van der Waals surface area contributed by atoms with Crippen molar-refractivity contribution in [3.05, 3.63) is 52.5 Å². The zero-order valence-corrected chi connectivity index (χ0v) is 15.8. The minimum Gasteiger partial charge on any atom is -0.482 e. The maximum absolute atomic E-state index is 12.8. The first kappa shape index (κ1) is 17.7. The number of nitrogens with zero attached hydrogens (tertiary/aromatic N) is 2. The Kier molecular flexibility index (Phi) is 4.66. The zero-order chi connectivity index (χ0) is 19.0. The number of hydrogen-bond acceptors (Lipinski definition) is 4. The zero-order valence-electron chi connectivity index (χ0n) is 15.0. The molecule has 0 fully saturated rings. The minimum absolute atomic E-state index is 0.0239. The van der Waals surface area contributed by atoms with Gasteiger partial charge in [-0.1, -0.05) is 35.9 Å². The maximum atomic E-state index is 12.8. The van der Waals surface area contributed by atoms with Gasteiger partial charge in [-0.2, -0.15) is 0 Å². The molecule has 2 aliphatic rings. The fourth-order valence-corrected chi connectivity index (χ4v) is 3.79. The Bertz CT molecular complexity index is 915. The molecule has 0 saturated heterocycles. The second-order valence-corrected chi connectivity index (χ2v) is 7.23. The van der Waals surface area contributed by atoms with E-state index in [1.807, 2.05) is 29.0 Å². The number of carbonyl (C=O) groups excluding carboxylic acids is 2. The third-order valence-corrected chi connectivity index (χ3v) is 5.25. The van der Waals surface area contributed by atoms with Crippen LogP contribution in [-0.4, -0.2) is 43.5 Å². The van der Waals surface area contributed by atoms with Crippen LogP contribution in [0.15, 0.2) is 36.4 Å². The van der Waals surface area contributed by atoms with E-state index in [9.17, 15) is 9.59 Å². The van der Waals surface area contributed by atoms with Crippen molar-refractivity contribution in [2.75, 3.05) is 37.0 Å². The molecule has 2 amide bonds. The van der Waals surface area contributed by atoms with Crippen molar-refractivity contribution in [2.24, 2.45) is 0 Å². The highest BCUT2D eigenvalue weighted by molar-refractivity contribution is 6.33. The van der Waals surface area contributed by atoms with E-state index < -0.39 is 0 Å². The van der Waals surface area contributed by atoms with Gasteiger partial charge in [-0.3, -0.25) is 9.59 Å². The van der Waals surface area contributed by atoms with Gasteiger partial charge in [0.05, 0.1) is 22.9 Å². The number of ether oxygens (including phenoxy) is 1. The molecule has 27 heavy (non-hydrogen) atoms. The third-order valence-electron chi connectivity index (χ3n) is 4.95. The lowest BCUT2D eigenvalue weighted by Crippen LogP contribution is -2.41. The average Bonchev–Trinajstić information content (AvgIpc) is 2.66. The number of anilines is 2. The highest BCUT2D eigenvalue weighted by Gasteiger charge is 2.24. The van der Waals surface area contributed by atoms with Crippen molar-refractivity contribution in [1.29, 1.82) is 0 Å². The van der Waals surface area contributed by atoms with E-state index >= 15 is 0 Å². The Hall–Kier alpha value is -2.73. The molecule has 2 aromatic carbocycles. The van der Waals surface area contributed by atoms with Crippen molar-refractivity contribution in [3.63, 3.8) is 0 Å². The van der Waals surface area contributed by atoms with E-state index in [-0.39, 0.29) is 25.0 Å². The van der Waals surface area contributed by atoms with Crippen LogP contribution in [-0.2, 0) is 22.6 Å². The molecule has 0 radical (unpaired) electrons. The van der Waals surface area contributed by atoms with Crippen LogP contribution in [0.3, 0.4) is 0 Å². The summed E-state index contributed by atoms with van der Waals surface area (Å²) in [6.45, 7) is 1.55. The van der Waals surface area contributed by atoms with Crippen molar-refractivity contribution in [3.8, 4) is 5.75 Å². The molecule has 0 bridgehead atoms. The number of halogens is 1. The number of benzene rings is 2. The molecule has 0 unspecified atom stereocenters. The summed E-state index contributed by atoms with van der Waals surface area (Å²) in [5, 5.41) is 3.18. The van der Waals surface area contributed by atoms with Crippen LogP contribution >= 0.6 is 11.6 Å². The quantitative estimate of drug-likeness (QED) is 0.882. The summed E-state index contributed by atoms with van der Waals surface area (Å²) < 4.78 is 5.45. The van der Waals surface area contributed by atoms with E-state index in [1.165, 1.54) is 11.1 Å². The van der Waals surface area contributed by atoms with Crippen LogP contribution in [0.2, 0.25) is 5.02 Å². The summed E-state index contributed by atoms with van der Waals surface area (Å²) in [6.07, 6.45) is 0.874. The molecule has 0 aliphatic carbocycles. The van der Waals surface area contributed by atoms with E-state index in [1.54, 1.807) is 12.1 Å². The fraction of sp³-hybridized carbons (Fsp3) is 0.300. The minimum atomic E-state index is -0.208. The normalized spacial score (nSPS) is 15.3. The van der Waals surface area contributed by atoms with Crippen molar-refractivity contribution in [2.45, 2.75) is 13.0 Å². The fourth-order valence-electron chi connectivity index (χ4n) is 3.48. The van der Waals surface area contributed by atoms with Gasteiger partial charge < -0.3 is 19.9 Å². The van der Waals surface area contributed by atoms with Crippen LogP contribution in [0, 0.1) is 0 Å². The summed E-state index contributed by atoms with van der Waals surface area (Å²) >= 11 is 6.37. The first-order chi connectivity index (χ1) is 13.0. The summed E-state index contributed by atoms with van der Waals surface area (Å²) in [6, 6.07) is 11.6. The molecule has 2 heterocycles. The average molecular weight is 386 g/mol. The van der Waals surface area contributed by atoms with Gasteiger partial charge in [-0.05, 0) is 23.6 Å². The molecule has 1 N–H and O–H groups in total. The molecule has 0 spiro atoms. The molecule has 2 aliphatic heterocycles. The van der Waals surface area contributed by atoms with Crippen molar-refractivity contribution >= 4 is 34.8 Å². The lowest BCUT2D eigenvalue weighted by atomic mass is 10.00. The predicted octanol–water partition coefficient (Wildman–Crippen LogP) is 2.69. The van der Waals surface area contributed by atoms with Crippen LogP contribution in [0.5, 0.6) is 5.75 Å². The predicted molar refractivity (Wildman–Crippen MR) is 104 cm³/mol. The summed E-state index contributed by atoms with van der Waals surface area (Å²) in [4.78, 5) is 27.9. The molecular weight excluding hydrogens is 366 g/mol. The monoisotopic (exact) mass is 385 g/mol. The topological polar surface area (TPSA) is 61.9 Å². The van der Waals surface area contributed by atoms with Crippen LogP contribution < -0.4 is 15.0 Å². The van der Waals surface area contributed by atoms with Crippen LogP contribution in [0.1, 0.15) is 11.1 Å². The number of carbonyl (C=O) groups is 2. The summed E-state index contributed by atoms with van der Waals surface area (Å²) in [7, 11) is 1.82. The second-order valence-electron chi connectivity index (χ2n) is 6.83. The highest BCUT2D eigenvalue weighted by atomic mass is 35.5. The Morgan fingerprint density at radius 1 is 1.30 bits per heavy atom. The van der Waals surface area contributed by atoms with E-state index in [0.717, 1.165) is 13.0 Å². The first-order valence-corrected chi connectivity index (χ1v) is 9.21. The van der Waals surface area contributed by atoms with Gasteiger partial charge in [0.1, 0.15) is 5.75 Å². The van der Waals surface area contributed by atoms with Gasteiger partial charge in [-0.25, -0.2) is 0 Å². The Morgan fingerprint density at radius 2 is 2.07 bits per heavy atom. The Balaban J connectivity index is 1.47. The van der Waals surface area contributed by atoms with Crippen LogP contribution in [0.4, 0.5) is 11.4 Å². The number of fused-ring (bicyclic) bond motifs is 2. The highest BCUT2D eigenvalue weighted by Crippen LogP contribution is 2.37. The molecule has 0 saturated carbocycles. The molecule has 6 nitrogen and oxygen atoms in total. The molecule has 0 aromatic heterocycles. The van der Waals surface area contributed by atoms with Gasteiger partial charge in [0, 0.05) is 26.2 Å². The number of hydrogen-bond donors (Lipinski definition) is 1. The molecule has 140 valence electrons. The molecule has 4 rings (SSSR count). The number of amides is 2. The van der Waals surface area contributed by atoms with E-state index in [4.69, 9.17) is 16.3 Å².